The summed E-state index contributed by atoms with van der Waals surface area (Å²) in [5, 5.41) is 15.5. The smallest absolute Gasteiger partial charge is 0.271 e. The van der Waals surface area contributed by atoms with Gasteiger partial charge in [0.15, 0.2) is 0 Å². The molecular weight excluding hydrogens is 572 g/mol. The Balaban J connectivity index is 1.38. The van der Waals surface area contributed by atoms with E-state index in [1.54, 1.807) is 17.7 Å². The van der Waals surface area contributed by atoms with Crippen molar-refractivity contribution in [3.05, 3.63) is 118 Å². The highest BCUT2D eigenvalue weighted by Gasteiger charge is 2.40. The molecule has 2 heterocycles. The molecule has 0 N–H and O–H groups in total. The summed E-state index contributed by atoms with van der Waals surface area (Å²) >= 11 is 5.99. The Morgan fingerprint density at radius 3 is 2.34 bits per heavy atom. The molecule has 4 aromatic rings. The number of amides is 2. The SMILES string of the molecule is CC1=C(C#N)C(=O)N(C2CCCCC2)C(=O)/C1=C/c1cn(-c2ccccc2)nc1-c1ccc(OCc2ccc(Cl)cc2)cc1. The Hall–Kier alpha value is -4.93. The van der Waals surface area contributed by atoms with Gasteiger partial charge in [-0.25, -0.2) is 4.68 Å². The number of ether oxygens (including phenoxy) is 1. The van der Waals surface area contributed by atoms with Crippen molar-refractivity contribution in [2.75, 3.05) is 0 Å². The molecule has 0 spiro atoms. The van der Waals surface area contributed by atoms with Gasteiger partial charge < -0.3 is 4.74 Å². The van der Waals surface area contributed by atoms with Gasteiger partial charge in [0.05, 0.1) is 11.4 Å². The van der Waals surface area contributed by atoms with Crippen LogP contribution in [0.3, 0.4) is 0 Å². The van der Waals surface area contributed by atoms with Crippen molar-refractivity contribution >= 4 is 29.5 Å². The van der Waals surface area contributed by atoms with Gasteiger partial charge in [-0.1, -0.05) is 61.2 Å². The fraction of sp³-hybridized carbons (Fsp3) is 0.222. The molecule has 6 rings (SSSR count). The van der Waals surface area contributed by atoms with Crippen molar-refractivity contribution in [3.63, 3.8) is 0 Å². The zero-order valence-corrected chi connectivity index (χ0v) is 25.1. The Bertz CT molecular complexity index is 1790. The predicted molar refractivity (Wildman–Crippen MR) is 170 cm³/mol. The number of benzene rings is 3. The molecule has 2 amide bonds. The first-order valence-electron chi connectivity index (χ1n) is 14.8. The van der Waals surface area contributed by atoms with E-state index in [1.165, 1.54) is 4.90 Å². The molecule has 2 aliphatic rings. The molecule has 0 unspecified atom stereocenters. The van der Waals surface area contributed by atoms with Crippen LogP contribution < -0.4 is 4.74 Å². The summed E-state index contributed by atoms with van der Waals surface area (Å²) in [6.45, 7) is 2.08. The van der Waals surface area contributed by atoms with Crippen LogP contribution in [0.2, 0.25) is 5.02 Å². The Kier molecular flexibility index (Phi) is 8.44. The molecule has 1 aromatic heterocycles. The van der Waals surface area contributed by atoms with Crippen LogP contribution in [0.15, 0.2) is 102 Å². The summed E-state index contributed by atoms with van der Waals surface area (Å²) in [5.41, 5.74) is 4.79. The first-order valence-corrected chi connectivity index (χ1v) is 15.1. The number of hydrogen-bond acceptors (Lipinski definition) is 5. The lowest BCUT2D eigenvalue weighted by molar-refractivity contribution is -0.143. The van der Waals surface area contributed by atoms with Crippen molar-refractivity contribution in [3.8, 4) is 28.8 Å². The van der Waals surface area contributed by atoms with E-state index in [4.69, 9.17) is 21.4 Å². The highest BCUT2D eigenvalue weighted by atomic mass is 35.5. The number of halogens is 1. The molecule has 1 saturated carbocycles. The van der Waals surface area contributed by atoms with Gasteiger partial charge in [-0.05, 0) is 85.5 Å². The molecule has 0 atom stereocenters. The lowest BCUT2D eigenvalue weighted by Crippen LogP contribution is -2.49. The topological polar surface area (TPSA) is 88.2 Å². The minimum atomic E-state index is -0.492. The first-order chi connectivity index (χ1) is 21.4. The predicted octanol–water partition coefficient (Wildman–Crippen LogP) is 7.70. The summed E-state index contributed by atoms with van der Waals surface area (Å²) in [6.07, 6.45) is 8.15. The Labute approximate surface area is 261 Å². The third-order valence-electron chi connectivity index (χ3n) is 8.22. The highest BCUT2D eigenvalue weighted by molar-refractivity contribution is 6.30. The molecule has 3 aromatic carbocycles. The van der Waals surface area contributed by atoms with E-state index in [0.29, 0.717) is 39.8 Å². The summed E-state index contributed by atoms with van der Waals surface area (Å²) in [4.78, 5) is 28.6. The first kappa shape index (κ1) is 29.2. The van der Waals surface area contributed by atoms with Crippen molar-refractivity contribution in [1.82, 2.24) is 14.7 Å². The summed E-state index contributed by atoms with van der Waals surface area (Å²) in [5.74, 6) is -0.149. The zero-order chi connectivity index (χ0) is 30.6. The van der Waals surface area contributed by atoms with E-state index in [2.05, 4.69) is 6.07 Å². The fourth-order valence-electron chi connectivity index (χ4n) is 5.81. The number of nitrogens with zero attached hydrogens (tertiary/aromatic N) is 4. The number of aromatic nitrogens is 2. The molecule has 1 aliphatic heterocycles. The number of nitriles is 1. The van der Waals surface area contributed by atoms with Crippen LogP contribution in [0.5, 0.6) is 5.75 Å². The summed E-state index contributed by atoms with van der Waals surface area (Å²) in [6, 6.07) is 26.8. The van der Waals surface area contributed by atoms with Crippen LogP contribution in [0.4, 0.5) is 0 Å². The Morgan fingerprint density at radius 1 is 0.955 bits per heavy atom. The van der Waals surface area contributed by atoms with Crippen LogP contribution in [0, 0.1) is 11.3 Å². The van der Waals surface area contributed by atoms with E-state index < -0.39 is 5.91 Å². The van der Waals surface area contributed by atoms with Gasteiger partial charge in [-0.3, -0.25) is 14.5 Å². The molecule has 8 heteroatoms. The van der Waals surface area contributed by atoms with Gasteiger partial charge in [-0.2, -0.15) is 10.4 Å². The number of carbonyl (C=O) groups excluding carboxylic acids is 2. The molecule has 220 valence electrons. The average Bonchev–Trinajstić information content (AvgIpc) is 3.48. The van der Waals surface area contributed by atoms with Gasteiger partial charge >= 0.3 is 0 Å². The number of para-hydroxylation sites is 1. The average molecular weight is 603 g/mol. The minimum absolute atomic E-state index is 0.0145. The third kappa shape index (κ3) is 5.95. The molecule has 1 aliphatic carbocycles. The monoisotopic (exact) mass is 602 g/mol. The second-order valence-corrected chi connectivity index (χ2v) is 11.5. The molecule has 44 heavy (non-hydrogen) atoms. The van der Waals surface area contributed by atoms with E-state index in [1.807, 2.05) is 85.1 Å². The molecule has 0 radical (unpaired) electrons. The number of carbonyl (C=O) groups is 2. The molecule has 0 bridgehead atoms. The van der Waals surface area contributed by atoms with Crippen LogP contribution in [-0.4, -0.2) is 32.5 Å². The maximum Gasteiger partial charge on any atom is 0.271 e. The van der Waals surface area contributed by atoms with E-state index in [0.717, 1.165) is 48.9 Å². The maximum atomic E-state index is 13.9. The fourth-order valence-corrected chi connectivity index (χ4v) is 5.94. The minimum Gasteiger partial charge on any atom is -0.489 e. The highest BCUT2D eigenvalue weighted by Crippen LogP contribution is 2.34. The number of imide groups is 1. The largest absolute Gasteiger partial charge is 0.489 e. The molecule has 1 fully saturated rings. The van der Waals surface area contributed by atoms with E-state index in [9.17, 15) is 14.9 Å². The second kappa shape index (κ2) is 12.7. The number of hydrogen-bond donors (Lipinski definition) is 0. The molecule has 7 nitrogen and oxygen atoms in total. The lowest BCUT2D eigenvalue weighted by Gasteiger charge is -2.36. The van der Waals surface area contributed by atoms with Crippen LogP contribution in [0.1, 0.15) is 50.2 Å². The van der Waals surface area contributed by atoms with Gasteiger partial charge in [0.2, 0.25) is 0 Å². The van der Waals surface area contributed by atoms with Crippen molar-refractivity contribution in [1.29, 1.82) is 5.26 Å². The summed E-state index contributed by atoms with van der Waals surface area (Å²) < 4.78 is 7.75. The van der Waals surface area contributed by atoms with Crippen LogP contribution >= 0.6 is 11.6 Å². The van der Waals surface area contributed by atoms with Gasteiger partial charge in [0.1, 0.15) is 24.0 Å². The van der Waals surface area contributed by atoms with Crippen molar-refractivity contribution in [2.45, 2.75) is 51.7 Å². The van der Waals surface area contributed by atoms with E-state index in [-0.39, 0.29) is 17.5 Å². The maximum absolute atomic E-state index is 13.9. The second-order valence-electron chi connectivity index (χ2n) is 11.1. The zero-order valence-electron chi connectivity index (χ0n) is 24.4. The molecular formula is C36H31ClN4O3. The van der Waals surface area contributed by atoms with Gasteiger partial charge in [-0.15, -0.1) is 0 Å². The normalized spacial score (nSPS) is 16.8. The molecule has 0 saturated heterocycles. The van der Waals surface area contributed by atoms with Crippen LogP contribution in [0.25, 0.3) is 23.0 Å². The summed E-state index contributed by atoms with van der Waals surface area (Å²) in [7, 11) is 0. The van der Waals surface area contributed by atoms with Crippen LogP contribution in [-0.2, 0) is 16.2 Å². The standard InChI is InChI=1S/C36H31ClN4O3/c1-24-32(35(42)41(36(43)33(24)21-38)30-10-6-3-7-11-30)20-27-22-40(29-8-4-2-5-9-29)39-34(27)26-14-18-31(19-15-26)44-23-25-12-16-28(37)17-13-25/h2,4-5,8-9,12-20,22,30H,3,6-7,10-11,23H2,1H3/b32-20+. The van der Waals surface area contributed by atoms with E-state index >= 15 is 0 Å². The quantitative estimate of drug-likeness (QED) is 0.160. The van der Waals surface area contributed by atoms with Crippen molar-refractivity contribution in [2.24, 2.45) is 0 Å². The number of rotatable bonds is 7. The lowest BCUT2D eigenvalue weighted by atomic mass is 9.88. The van der Waals surface area contributed by atoms with Gasteiger partial charge in [0.25, 0.3) is 11.8 Å². The van der Waals surface area contributed by atoms with Crippen molar-refractivity contribution < 1.29 is 14.3 Å². The third-order valence-corrected chi connectivity index (χ3v) is 8.47. The van der Waals surface area contributed by atoms with Gasteiger partial charge in [0, 0.05) is 34.0 Å². The Morgan fingerprint density at radius 2 is 1.66 bits per heavy atom.